The fourth-order valence-corrected chi connectivity index (χ4v) is 2.30. The van der Waals surface area contributed by atoms with Gasteiger partial charge in [-0.15, -0.1) is 0 Å². The zero-order valence-corrected chi connectivity index (χ0v) is 9.98. The molecule has 0 aliphatic carbocycles. The van der Waals surface area contributed by atoms with Gasteiger partial charge in [0, 0.05) is 5.39 Å². The van der Waals surface area contributed by atoms with Crippen LogP contribution in [0.1, 0.15) is 30.3 Å². The Hall–Kier alpha value is -1.68. The number of ketones is 1. The molecular weight excluding hydrogens is 235 g/mol. The molecule has 4 heteroatoms. The monoisotopic (exact) mass is 248 g/mol. The summed E-state index contributed by atoms with van der Waals surface area (Å²) < 4.78 is 24.3. The lowest BCUT2D eigenvalue weighted by atomic mass is 10.1. The van der Waals surface area contributed by atoms with Crippen LogP contribution in [0.4, 0.5) is 4.39 Å². The van der Waals surface area contributed by atoms with Crippen LogP contribution >= 0.6 is 0 Å². The van der Waals surface area contributed by atoms with Crippen LogP contribution < -0.4 is 0 Å². The van der Waals surface area contributed by atoms with Crippen molar-refractivity contribution in [2.45, 2.75) is 32.0 Å². The van der Waals surface area contributed by atoms with Gasteiger partial charge in [-0.25, -0.2) is 4.39 Å². The largest absolute Gasteiger partial charge is 0.450 e. The average molecular weight is 248 g/mol. The summed E-state index contributed by atoms with van der Waals surface area (Å²) in [5.74, 6) is -0.476. The van der Waals surface area contributed by atoms with Crippen molar-refractivity contribution in [3.05, 3.63) is 35.8 Å². The maximum Gasteiger partial charge on any atom is 0.226 e. The molecule has 3 rings (SSSR count). The summed E-state index contributed by atoms with van der Waals surface area (Å²) >= 11 is 0. The second kappa shape index (κ2) is 4.21. The molecule has 2 heterocycles. The molecule has 0 bridgehead atoms. The van der Waals surface area contributed by atoms with Crippen molar-refractivity contribution >= 4 is 16.8 Å². The van der Waals surface area contributed by atoms with E-state index >= 15 is 0 Å². The Labute approximate surface area is 104 Å². The van der Waals surface area contributed by atoms with Crippen molar-refractivity contribution in [2.75, 3.05) is 0 Å². The van der Waals surface area contributed by atoms with Gasteiger partial charge >= 0.3 is 0 Å². The molecule has 0 N–H and O–H groups in total. The second-order valence-electron chi connectivity index (χ2n) is 4.65. The highest BCUT2D eigenvalue weighted by atomic mass is 19.1. The van der Waals surface area contributed by atoms with Crippen molar-refractivity contribution in [3.63, 3.8) is 0 Å². The summed E-state index contributed by atoms with van der Waals surface area (Å²) in [4.78, 5) is 12.1. The Morgan fingerprint density at radius 2 is 2.22 bits per heavy atom. The van der Waals surface area contributed by atoms with Crippen LogP contribution in [-0.2, 0) is 4.74 Å². The van der Waals surface area contributed by atoms with E-state index in [9.17, 15) is 9.18 Å². The summed E-state index contributed by atoms with van der Waals surface area (Å²) in [6.45, 7) is 1.94. The predicted octanol–water partition coefficient (Wildman–Crippen LogP) is 3.32. The Kier molecular flexibility index (Phi) is 2.67. The number of rotatable bonds is 2. The molecular formula is C14H13FO3. The van der Waals surface area contributed by atoms with Crippen LogP contribution in [0.2, 0.25) is 0 Å². The highest BCUT2D eigenvalue weighted by molar-refractivity contribution is 6.00. The van der Waals surface area contributed by atoms with Gasteiger partial charge in [-0.1, -0.05) is 12.1 Å². The number of ether oxygens (including phenoxy) is 1. The number of halogens is 1. The normalized spacial score (nSPS) is 23.7. The van der Waals surface area contributed by atoms with Gasteiger partial charge in [0.05, 0.1) is 6.10 Å². The molecule has 1 aliphatic rings. The van der Waals surface area contributed by atoms with Crippen LogP contribution in [0.25, 0.3) is 11.0 Å². The van der Waals surface area contributed by atoms with E-state index in [0.717, 1.165) is 6.42 Å². The smallest absolute Gasteiger partial charge is 0.226 e. The number of furan rings is 1. The van der Waals surface area contributed by atoms with Gasteiger partial charge in [0.1, 0.15) is 6.10 Å². The highest BCUT2D eigenvalue weighted by Gasteiger charge is 2.31. The first-order valence-corrected chi connectivity index (χ1v) is 6.03. The minimum absolute atomic E-state index is 0.0973. The lowest BCUT2D eigenvalue weighted by molar-refractivity contribution is 0.0413. The van der Waals surface area contributed by atoms with E-state index in [-0.39, 0.29) is 23.2 Å². The van der Waals surface area contributed by atoms with Gasteiger partial charge in [-0.3, -0.25) is 4.79 Å². The van der Waals surface area contributed by atoms with Crippen molar-refractivity contribution in [1.82, 2.24) is 0 Å². The lowest BCUT2D eigenvalue weighted by Crippen LogP contribution is -2.20. The maximum atomic E-state index is 13.5. The van der Waals surface area contributed by atoms with Crippen LogP contribution in [0.3, 0.4) is 0 Å². The molecule has 3 nitrogen and oxygen atoms in total. The molecule has 1 aliphatic heterocycles. The van der Waals surface area contributed by atoms with Gasteiger partial charge in [0.2, 0.25) is 5.78 Å². The number of carbonyl (C=O) groups excluding carboxylic acids is 1. The van der Waals surface area contributed by atoms with Crippen molar-refractivity contribution in [3.8, 4) is 0 Å². The Morgan fingerprint density at radius 1 is 1.39 bits per heavy atom. The summed E-state index contributed by atoms with van der Waals surface area (Å²) in [7, 11) is 0. The van der Waals surface area contributed by atoms with Gasteiger partial charge < -0.3 is 9.15 Å². The summed E-state index contributed by atoms with van der Waals surface area (Å²) in [5, 5.41) is 0.601. The van der Waals surface area contributed by atoms with E-state index < -0.39 is 11.9 Å². The third-order valence-corrected chi connectivity index (χ3v) is 3.26. The van der Waals surface area contributed by atoms with Crippen molar-refractivity contribution in [2.24, 2.45) is 0 Å². The molecule has 1 fully saturated rings. The molecule has 18 heavy (non-hydrogen) atoms. The molecule has 1 aromatic heterocycles. The SMILES string of the molecule is CC1CCC(C(=O)c2cc3cccc(F)c3o2)O1. The molecule has 0 spiro atoms. The molecule has 0 saturated carbocycles. The van der Waals surface area contributed by atoms with Gasteiger partial charge in [0.15, 0.2) is 17.2 Å². The zero-order chi connectivity index (χ0) is 12.7. The second-order valence-corrected chi connectivity index (χ2v) is 4.65. The Balaban J connectivity index is 1.95. The molecule has 94 valence electrons. The zero-order valence-electron chi connectivity index (χ0n) is 9.98. The fourth-order valence-electron chi connectivity index (χ4n) is 2.30. The first-order valence-electron chi connectivity index (χ1n) is 6.03. The summed E-state index contributed by atoms with van der Waals surface area (Å²) in [6.07, 6.45) is 1.20. The average Bonchev–Trinajstić information content (AvgIpc) is 2.95. The Morgan fingerprint density at radius 3 is 2.89 bits per heavy atom. The third-order valence-electron chi connectivity index (χ3n) is 3.26. The van der Waals surface area contributed by atoms with Crippen LogP contribution in [0.15, 0.2) is 28.7 Å². The molecule has 1 aromatic carbocycles. The number of carbonyl (C=O) groups is 1. The molecule has 1 saturated heterocycles. The van der Waals surface area contributed by atoms with E-state index in [1.165, 1.54) is 6.07 Å². The van der Waals surface area contributed by atoms with Gasteiger partial charge in [-0.05, 0) is 31.9 Å². The number of fused-ring (bicyclic) bond motifs is 1. The molecule has 0 amide bonds. The first-order chi connectivity index (χ1) is 8.65. The maximum absolute atomic E-state index is 13.5. The fraction of sp³-hybridized carbons (Fsp3) is 0.357. The number of Topliss-reactive ketones (excluding diaryl/α,β-unsaturated/α-hetero) is 1. The van der Waals surface area contributed by atoms with Crippen LogP contribution in [0, 0.1) is 5.82 Å². The molecule has 2 unspecified atom stereocenters. The topological polar surface area (TPSA) is 39.4 Å². The van der Waals surface area contributed by atoms with Crippen LogP contribution in [0.5, 0.6) is 0 Å². The number of hydrogen-bond donors (Lipinski definition) is 0. The van der Waals surface area contributed by atoms with E-state index in [4.69, 9.17) is 9.15 Å². The predicted molar refractivity (Wildman–Crippen MR) is 64.1 cm³/mol. The Bertz CT molecular complexity index is 602. The van der Waals surface area contributed by atoms with E-state index in [1.807, 2.05) is 6.92 Å². The van der Waals surface area contributed by atoms with Gasteiger partial charge in [-0.2, -0.15) is 0 Å². The molecule has 2 atom stereocenters. The van der Waals surface area contributed by atoms with E-state index in [0.29, 0.717) is 11.8 Å². The van der Waals surface area contributed by atoms with Crippen molar-refractivity contribution < 1.29 is 18.3 Å². The minimum Gasteiger partial charge on any atom is -0.450 e. The third kappa shape index (κ3) is 1.82. The van der Waals surface area contributed by atoms with E-state index in [2.05, 4.69) is 0 Å². The lowest BCUT2D eigenvalue weighted by Gasteiger charge is -2.07. The van der Waals surface area contributed by atoms with E-state index in [1.54, 1.807) is 18.2 Å². The quantitative estimate of drug-likeness (QED) is 0.765. The molecule has 2 aromatic rings. The van der Waals surface area contributed by atoms with Crippen LogP contribution in [-0.4, -0.2) is 18.0 Å². The number of hydrogen-bond acceptors (Lipinski definition) is 3. The highest BCUT2D eigenvalue weighted by Crippen LogP contribution is 2.27. The summed E-state index contributed by atoms with van der Waals surface area (Å²) in [5.41, 5.74) is 0.131. The van der Waals surface area contributed by atoms with Gasteiger partial charge in [0.25, 0.3) is 0 Å². The minimum atomic E-state index is -0.455. The number of para-hydroxylation sites is 1. The molecule has 0 radical (unpaired) electrons. The van der Waals surface area contributed by atoms with Crippen molar-refractivity contribution in [1.29, 1.82) is 0 Å². The standard InChI is InChI=1S/C14H13FO3/c1-8-5-6-11(17-8)13(16)12-7-9-3-2-4-10(15)14(9)18-12/h2-4,7-8,11H,5-6H2,1H3. The number of benzene rings is 1. The summed E-state index contributed by atoms with van der Waals surface area (Å²) in [6, 6.07) is 6.20. The first kappa shape index (κ1) is 11.4.